The number of benzene rings is 2. The molecule has 0 atom stereocenters. The van der Waals surface area contributed by atoms with E-state index in [9.17, 15) is 14.4 Å². The lowest BCUT2D eigenvalue weighted by atomic mass is 10.1. The van der Waals surface area contributed by atoms with E-state index >= 15 is 0 Å². The first kappa shape index (κ1) is 21.6. The molecule has 2 heterocycles. The summed E-state index contributed by atoms with van der Waals surface area (Å²) in [6.07, 6.45) is 1.37. The standard InChI is InChI=1S/C23H22ClN3O3S/c1-14(2)27-22(30)18-9-8-16(24)12-19(18)25-23(27)31-13-20(28)15-5-3-6-17(11-15)26-10-4-7-21(26)29/h3,5-6,8-9,11-12,14H,4,7,10,13H2,1-2H3. The van der Waals surface area contributed by atoms with Crippen molar-refractivity contribution < 1.29 is 9.59 Å². The zero-order valence-corrected chi connectivity index (χ0v) is 18.9. The Kier molecular flexibility index (Phi) is 6.16. The normalized spacial score (nSPS) is 14.1. The molecule has 2 aromatic carbocycles. The van der Waals surface area contributed by atoms with Gasteiger partial charge in [-0.25, -0.2) is 4.98 Å². The second kappa shape index (κ2) is 8.85. The van der Waals surface area contributed by atoms with Crippen LogP contribution >= 0.6 is 23.4 Å². The molecule has 1 amide bonds. The van der Waals surface area contributed by atoms with Crippen LogP contribution in [0.3, 0.4) is 0 Å². The summed E-state index contributed by atoms with van der Waals surface area (Å²) in [5, 5.41) is 1.48. The summed E-state index contributed by atoms with van der Waals surface area (Å²) in [6, 6.07) is 12.0. The predicted molar refractivity (Wildman–Crippen MR) is 124 cm³/mol. The van der Waals surface area contributed by atoms with Crippen LogP contribution in [-0.2, 0) is 4.79 Å². The third-order valence-corrected chi connectivity index (χ3v) is 6.42. The largest absolute Gasteiger partial charge is 0.312 e. The number of nitrogens with zero attached hydrogens (tertiary/aromatic N) is 3. The molecule has 1 aliphatic rings. The Bertz CT molecular complexity index is 1240. The predicted octanol–water partition coefficient (Wildman–Crippen LogP) is 4.73. The number of rotatable bonds is 6. The van der Waals surface area contributed by atoms with Crippen LogP contribution in [0.1, 0.15) is 43.1 Å². The SMILES string of the molecule is CC(C)n1c(SCC(=O)c2cccc(N3CCCC3=O)c2)nc2cc(Cl)ccc2c1=O. The molecule has 1 aromatic heterocycles. The summed E-state index contributed by atoms with van der Waals surface area (Å²) >= 11 is 7.30. The van der Waals surface area contributed by atoms with Crippen LogP contribution in [-0.4, -0.2) is 33.5 Å². The average molecular weight is 456 g/mol. The van der Waals surface area contributed by atoms with E-state index < -0.39 is 0 Å². The van der Waals surface area contributed by atoms with Gasteiger partial charge in [0.1, 0.15) is 0 Å². The smallest absolute Gasteiger partial charge is 0.262 e. The molecule has 31 heavy (non-hydrogen) atoms. The number of anilines is 1. The minimum Gasteiger partial charge on any atom is -0.312 e. The van der Waals surface area contributed by atoms with Gasteiger partial charge in [0.15, 0.2) is 10.9 Å². The highest BCUT2D eigenvalue weighted by Crippen LogP contribution is 2.26. The number of amides is 1. The molecule has 1 aliphatic heterocycles. The Morgan fingerprint density at radius 2 is 2.00 bits per heavy atom. The van der Waals surface area contributed by atoms with Gasteiger partial charge in [0.05, 0.1) is 16.7 Å². The number of hydrogen-bond acceptors (Lipinski definition) is 5. The van der Waals surface area contributed by atoms with Crippen molar-refractivity contribution in [1.29, 1.82) is 0 Å². The molecule has 1 fully saturated rings. The molecule has 4 rings (SSSR count). The third kappa shape index (κ3) is 4.38. The van der Waals surface area contributed by atoms with Crippen LogP contribution in [0.2, 0.25) is 5.02 Å². The zero-order valence-electron chi connectivity index (χ0n) is 17.3. The van der Waals surface area contributed by atoms with E-state index in [4.69, 9.17) is 11.6 Å². The number of ketones is 1. The van der Waals surface area contributed by atoms with Gasteiger partial charge in [0.25, 0.3) is 5.56 Å². The molecule has 6 nitrogen and oxygen atoms in total. The molecule has 0 saturated carbocycles. The number of halogens is 1. The molecule has 0 unspecified atom stereocenters. The van der Waals surface area contributed by atoms with Gasteiger partial charge in [-0.1, -0.05) is 35.5 Å². The van der Waals surface area contributed by atoms with Crippen molar-refractivity contribution >= 4 is 51.6 Å². The van der Waals surface area contributed by atoms with Gasteiger partial charge in [-0.05, 0) is 50.6 Å². The lowest BCUT2D eigenvalue weighted by Gasteiger charge is -2.17. The maximum absolute atomic E-state index is 13.0. The van der Waals surface area contributed by atoms with Crippen LogP contribution in [0.25, 0.3) is 10.9 Å². The molecule has 0 N–H and O–H groups in total. The van der Waals surface area contributed by atoms with Crippen LogP contribution in [0.5, 0.6) is 0 Å². The van der Waals surface area contributed by atoms with E-state index in [1.54, 1.807) is 45.9 Å². The van der Waals surface area contributed by atoms with Gasteiger partial charge >= 0.3 is 0 Å². The van der Waals surface area contributed by atoms with Crippen molar-refractivity contribution in [2.75, 3.05) is 17.2 Å². The Morgan fingerprint density at radius 1 is 1.19 bits per heavy atom. The maximum Gasteiger partial charge on any atom is 0.262 e. The summed E-state index contributed by atoms with van der Waals surface area (Å²) in [6.45, 7) is 4.50. The van der Waals surface area contributed by atoms with E-state index in [1.165, 1.54) is 11.8 Å². The first-order valence-electron chi connectivity index (χ1n) is 10.1. The van der Waals surface area contributed by atoms with Crippen LogP contribution in [0.15, 0.2) is 52.4 Å². The van der Waals surface area contributed by atoms with E-state index in [0.717, 1.165) is 12.1 Å². The monoisotopic (exact) mass is 455 g/mol. The number of aromatic nitrogens is 2. The number of carbonyl (C=O) groups is 2. The molecule has 0 spiro atoms. The van der Waals surface area contributed by atoms with Gasteiger partial charge in [0, 0.05) is 35.3 Å². The molecule has 0 radical (unpaired) electrons. The Hall–Kier alpha value is -2.64. The second-order valence-corrected chi connectivity index (χ2v) is 9.11. The number of thioether (sulfide) groups is 1. The van der Waals surface area contributed by atoms with Gasteiger partial charge in [-0.15, -0.1) is 0 Å². The van der Waals surface area contributed by atoms with Gasteiger partial charge in [-0.2, -0.15) is 0 Å². The lowest BCUT2D eigenvalue weighted by molar-refractivity contribution is -0.117. The van der Waals surface area contributed by atoms with Crippen molar-refractivity contribution in [3.05, 3.63) is 63.4 Å². The molecular weight excluding hydrogens is 434 g/mol. The molecule has 0 bridgehead atoms. The first-order chi connectivity index (χ1) is 14.8. The van der Waals surface area contributed by atoms with Crippen molar-refractivity contribution in [3.8, 4) is 0 Å². The fourth-order valence-electron chi connectivity index (χ4n) is 3.69. The molecule has 0 aliphatic carbocycles. The van der Waals surface area contributed by atoms with Crippen molar-refractivity contribution in [2.24, 2.45) is 0 Å². The van der Waals surface area contributed by atoms with Gasteiger partial charge in [0.2, 0.25) is 5.91 Å². The highest BCUT2D eigenvalue weighted by Gasteiger charge is 2.22. The van der Waals surface area contributed by atoms with Gasteiger partial charge < -0.3 is 4.90 Å². The topological polar surface area (TPSA) is 72.3 Å². The third-order valence-electron chi connectivity index (χ3n) is 5.23. The quantitative estimate of drug-likeness (QED) is 0.305. The van der Waals surface area contributed by atoms with Crippen LogP contribution in [0, 0.1) is 0 Å². The van der Waals surface area contributed by atoms with Crippen molar-refractivity contribution in [3.63, 3.8) is 0 Å². The minimum atomic E-state index is -0.152. The van der Waals surface area contributed by atoms with Gasteiger partial charge in [-0.3, -0.25) is 19.0 Å². The van der Waals surface area contributed by atoms with E-state index in [1.807, 2.05) is 19.9 Å². The molecule has 8 heteroatoms. The first-order valence-corrected chi connectivity index (χ1v) is 11.5. The van der Waals surface area contributed by atoms with E-state index in [0.29, 0.717) is 39.6 Å². The highest BCUT2D eigenvalue weighted by molar-refractivity contribution is 7.99. The number of Topliss-reactive ketones (excluding diaryl/α,β-unsaturated/α-hetero) is 1. The summed E-state index contributed by atoms with van der Waals surface area (Å²) in [5.74, 6) is 0.121. The molecule has 1 saturated heterocycles. The van der Waals surface area contributed by atoms with E-state index in [2.05, 4.69) is 4.98 Å². The number of carbonyl (C=O) groups excluding carboxylic acids is 2. The number of fused-ring (bicyclic) bond motifs is 1. The fourth-order valence-corrected chi connectivity index (χ4v) is 4.88. The molecule has 3 aromatic rings. The minimum absolute atomic E-state index is 0.0824. The zero-order chi connectivity index (χ0) is 22.1. The second-order valence-electron chi connectivity index (χ2n) is 7.74. The average Bonchev–Trinajstić information content (AvgIpc) is 3.17. The summed E-state index contributed by atoms with van der Waals surface area (Å²) in [7, 11) is 0. The van der Waals surface area contributed by atoms with Crippen LogP contribution in [0.4, 0.5) is 5.69 Å². The fraction of sp³-hybridized carbons (Fsp3) is 0.304. The highest BCUT2D eigenvalue weighted by atomic mass is 35.5. The lowest BCUT2D eigenvalue weighted by Crippen LogP contribution is -2.25. The van der Waals surface area contributed by atoms with E-state index in [-0.39, 0.29) is 29.0 Å². The van der Waals surface area contributed by atoms with Crippen molar-refractivity contribution in [1.82, 2.24) is 9.55 Å². The molecular formula is C23H22ClN3O3S. The molecule has 160 valence electrons. The van der Waals surface area contributed by atoms with Crippen molar-refractivity contribution in [2.45, 2.75) is 37.9 Å². The summed E-state index contributed by atoms with van der Waals surface area (Å²) in [4.78, 5) is 44.2. The number of hydrogen-bond donors (Lipinski definition) is 0. The van der Waals surface area contributed by atoms with Crippen LogP contribution < -0.4 is 10.5 Å². The Morgan fingerprint density at radius 3 is 2.71 bits per heavy atom. The summed E-state index contributed by atoms with van der Waals surface area (Å²) in [5.41, 5.74) is 1.64. The maximum atomic E-state index is 13.0. The Balaban J connectivity index is 1.60. The summed E-state index contributed by atoms with van der Waals surface area (Å²) < 4.78 is 1.60. The Labute approximate surface area is 189 Å².